The Balaban J connectivity index is 1.79. The number of carbonyl (C=O) groups excluding carboxylic acids is 1. The molecule has 0 saturated carbocycles. The van der Waals surface area contributed by atoms with Gasteiger partial charge in [-0.25, -0.2) is 4.79 Å². The van der Waals surface area contributed by atoms with Crippen molar-refractivity contribution in [1.82, 2.24) is 10.2 Å². The lowest BCUT2D eigenvalue weighted by atomic mass is 9.90. The number of unbranched alkanes of at least 4 members (excludes halogenated alkanes) is 10. The Morgan fingerprint density at radius 3 is 2.02 bits per heavy atom. The second-order valence-corrected chi connectivity index (χ2v) is 12.8. The Hall–Kier alpha value is -2.45. The minimum Gasteiger partial charge on any atom is -0.392 e. The van der Waals surface area contributed by atoms with Crippen LogP contribution in [0.15, 0.2) is 48.5 Å². The third-order valence-electron chi connectivity index (χ3n) is 8.97. The van der Waals surface area contributed by atoms with Crippen LogP contribution >= 0.6 is 0 Å². The van der Waals surface area contributed by atoms with Gasteiger partial charge < -0.3 is 30.1 Å². The predicted molar refractivity (Wildman–Crippen MR) is 185 cm³/mol. The molecule has 1 saturated heterocycles. The summed E-state index contributed by atoms with van der Waals surface area (Å²) in [5.41, 5.74) is 3.57. The van der Waals surface area contributed by atoms with Crippen molar-refractivity contribution < 1.29 is 19.4 Å². The van der Waals surface area contributed by atoms with Gasteiger partial charge in [-0.05, 0) is 56.1 Å². The van der Waals surface area contributed by atoms with Gasteiger partial charge in [-0.3, -0.25) is 0 Å². The van der Waals surface area contributed by atoms with Crippen LogP contribution in [0, 0.1) is 5.92 Å². The Morgan fingerprint density at radius 2 is 1.42 bits per heavy atom. The fourth-order valence-electron chi connectivity index (χ4n) is 6.21. The molecule has 0 unspecified atom stereocenters. The second kappa shape index (κ2) is 21.4. The van der Waals surface area contributed by atoms with Gasteiger partial charge in [-0.15, -0.1) is 0 Å². The molecule has 3 rings (SSSR count). The smallest absolute Gasteiger partial charge is 0.319 e. The van der Waals surface area contributed by atoms with E-state index in [0.29, 0.717) is 12.2 Å². The number of hydrogen-bond acceptors (Lipinski definition) is 5. The Kier molecular flexibility index (Phi) is 17.6. The highest BCUT2D eigenvalue weighted by Crippen LogP contribution is 2.42. The van der Waals surface area contributed by atoms with Gasteiger partial charge in [0.05, 0.1) is 18.8 Å². The number of carbonyl (C=O) groups is 1. The molecule has 0 spiro atoms. The number of aliphatic hydroxyl groups is 1. The molecule has 7 heteroatoms. The lowest BCUT2D eigenvalue weighted by molar-refractivity contribution is -0.276. The molecule has 1 fully saturated rings. The van der Waals surface area contributed by atoms with Crippen molar-refractivity contribution in [3.05, 3.63) is 65.2 Å². The van der Waals surface area contributed by atoms with Crippen LogP contribution in [0.25, 0.3) is 0 Å². The molecular weight excluding hydrogens is 562 g/mol. The fraction of sp³-hybridized carbons (Fsp3) is 0.658. The van der Waals surface area contributed by atoms with Crippen LogP contribution in [0.2, 0.25) is 0 Å². The van der Waals surface area contributed by atoms with E-state index in [2.05, 4.69) is 48.4 Å². The highest BCUT2D eigenvalue weighted by molar-refractivity contribution is 5.89. The molecule has 1 aliphatic rings. The van der Waals surface area contributed by atoms with E-state index in [9.17, 15) is 9.90 Å². The first-order chi connectivity index (χ1) is 22.0. The lowest BCUT2D eigenvalue weighted by Crippen LogP contribution is -2.45. The standard InChI is InChI=1S/C38H61N3O4/c1-5-8-10-12-14-16-25-41(26-17-15-13-11-9-6-2)28-35-30(4)36(32-23-21-31(29-42)22-24-32)45-37(44-35)33-19-18-20-34(27-33)40-38(43)39-7-3/h18-24,27,30,35-37,42H,5-17,25-26,28-29H2,1-4H3,(H2,39,40,43)/t30-,35+,36+,37+/m1/s1. The van der Waals surface area contributed by atoms with E-state index in [1.54, 1.807) is 0 Å². The molecule has 4 atom stereocenters. The molecule has 2 aromatic rings. The van der Waals surface area contributed by atoms with Gasteiger partial charge in [0.1, 0.15) is 0 Å². The van der Waals surface area contributed by atoms with Crippen LogP contribution in [0.1, 0.15) is 134 Å². The maximum absolute atomic E-state index is 12.2. The number of hydrogen-bond donors (Lipinski definition) is 3. The summed E-state index contributed by atoms with van der Waals surface area (Å²) in [6.07, 6.45) is 14.8. The number of ether oxygens (including phenoxy) is 2. The van der Waals surface area contributed by atoms with E-state index in [1.165, 1.54) is 77.0 Å². The van der Waals surface area contributed by atoms with Crippen molar-refractivity contribution in [2.75, 3.05) is 31.5 Å². The van der Waals surface area contributed by atoms with E-state index in [4.69, 9.17) is 9.47 Å². The Bertz CT molecular complexity index is 1060. The van der Waals surface area contributed by atoms with E-state index in [-0.39, 0.29) is 30.8 Å². The lowest BCUT2D eigenvalue weighted by Gasteiger charge is -2.43. The highest BCUT2D eigenvalue weighted by atomic mass is 16.7. The zero-order valence-corrected chi connectivity index (χ0v) is 28.6. The fourth-order valence-corrected chi connectivity index (χ4v) is 6.21. The number of anilines is 1. The van der Waals surface area contributed by atoms with Crippen molar-refractivity contribution in [3.63, 3.8) is 0 Å². The van der Waals surface area contributed by atoms with Crippen molar-refractivity contribution in [2.24, 2.45) is 5.92 Å². The van der Waals surface area contributed by atoms with Crippen LogP contribution in [-0.4, -0.2) is 48.3 Å². The minimum atomic E-state index is -0.561. The minimum absolute atomic E-state index is 0.0208. The third-order valence-corrected chi connectivity index (χ3v) is 8.97. The quantitative estimate of drug-likeness (QED) is 0.121. The van der Waals surface area contributed by atoms with Crippen LogP contribution < -0.4 is 10.6 Å². The first-order valence-electron chi connectivity index (χ1n) is 17.9. The first kappa shape index (κ1) is 37.0. The number of nitrogens with one attached hydrogen (secondary N) is 2. The highest BCUT2D eigenvalue weighted by Gasteiger charge is 2.39. The number of nitrogens with zero attached hydrogens (tertiary/aromatic N) is 1. The van der Waals surface area contributed by atoms with Gasteiger partial charge in [-0.1, -0.05) is 121 Å². The average Bonchev–Trinajstić information content (AvgIpc) is 3.05. The van der Waals surface area contributed by atoms with E-state index in [0.717, 1.165) is 36.3 Å². The van der Waals surface area contributed by atoms with Gasteiger partial charge in [-0.2, -0.15) is 0 Å². The third kappa shape index (κ3) is 13.1. The second-order valence-electron chi connectivity index (χ2n) is 12.8. The van der Waals surface area contributed by atoms with E-state index in [1.807, 2.05) is 43.3 Å². The molecule has 0 bridgehead atoms. The molecule has 45 heavy (non-hydrogen) atoms. The van der Waals surface area contributed by atoms with Crippen molar-refractivity contribution in [1.29, 1.82) is 0 Å². The summed E-state index contributed by atoms with van der Waals surface area (Å²) in [6, 6.07) is 15.7. The number of rotatable bonds is 21. The number of benzene rings is 2. The molecule has 2 aromatic carbocycles. The molecule has 7 nitrogen and oxygen atoms in total. The van der Waals surface area contributed by atoms with Gasteiger partial charge in [0, 0.05) is 30.3 Å². The predicted octanol–water partition coefficient (Wildman–Crippen LogP) is 9.13. The molecule has 3 N–H and O–H groups in total. The molecule has 252 valence electrons. The molecular formula is C38H61N3O4. The Morgan fingerprint density at radius 1 is 0.800 bits per heavy atom. The summed E-state index contributed by atoms with van der Waals surface area (Å²) < 4.78 is 13.5. The zero-order chi connectivity index (χ0) is 32.3. The topological polar surface area (TPSA) is 83.1 Å². The van der Waals surface area contributed by atoms with Gasteiger partial charge in [0.15, 0.2) is 6.29 Å². The van der Waals surface area contributed by atoms with Gasteiger partial charge in [0.2, 0.25) is 0 Å². The summed E-state index contributed by atoms with van der Waals surface area (Å²) in [6.45, 7) is 12.3. The van der Waals surface area contributed by atoms with Gasteiger partial charge >= 0.3 is 6.03 Å². The molecule has 1 aliphatic heterocycles. The van der Waals surface area contributed by atoms with Crippen LogP contribution in [0.4, 0.5) is 10.5 Å². The van der Waals surface area contributed by atoms with Gasteiger partial charge in [0.25, 0.3) is 0 Å². The van der Waals surface area contributed by atoms with Crippen molar-refractivity contribution in [2.45, 2.75) is 130 Å². The van der Waals surface area contributed by atoms with Crippen LogP contribution in [-0.2, 0) is 16.1 Å². The molecule has 2 amide bonds. The number of amides is 2. The Labute approximate surface area is 273 Å². The van der Waals surface area contributed by atoms with Crippen molar-refractivity contribution >= 4 is 11.7 Å². The monoisotopic (exact) mass is 623 g/mol. The van der Waals surface area contributed by atoms with Crippen molar-refractivity contribution in [3.8, 4) is 0 Å². The SMILES string of the molecule is CCCCCCCCN(CCCCCCCC)C[C@@H]1O[C@H](c2cccc(NC(=O)NCC)c2)O[C@H](c2ccc(CO)cc2)[C@@H]1C. The van der Waals surface area contributed by atoms with E-state index >= 15 is 0 Å². The first-order valence-corrected chi connectivity index (χ1v) is 17.9. The molecule has 1 heterocycles. The average molecular weight is 624 g/mol. The molecule has 0 aromatic heterocycles. The zero-order valence-electron chi connectivity index (χ0n) is 28.6. The van der Waals surface area contributed by atoms with Crippen LogP contribution in [0.5, 0.6) is 0 Å². The van der Waals surface area contributed by atoms with Crippen LogP contribution in [0.3, 0.4) is 0 Å². The largest absolute Gasteiger partial charge is 0.392 e. The summed E-state index contributed by atoms with van der Waals surface area (Å²) in [7, 11) is 0. The summed E-state index contributed by atoms with van der Waals surface area (Å²) in [5, 5.41) is 15.3. The summed E-state index contributed by atoms with van der Waals surface area (Å²) in [5.74, 6) is 0.134. The molecule has 0 aliphatic carbocycles. The van der Waals surface area contributed by atoms with E-state index < -0.39 is 6.29 Å². The molecule has 0 radical (unpaired) electrons. The number of urea groups is 1. The maximum atomic E-state index is 12.2. The maximum Gasteiger partial charge on any atom is 0.319 e. The normalized spacial score (nSPS) is 20.0. The summed E-state index contributed by atoms with van der Waals surface area (Å²) >= 11 is 0. The number of aliphatic hydroxyl groups excluding tert-OH is 1. The summed E-state index contributed by atoms with van der Waals surface area (Å²) in [4.78, 5) is 14.9.